The van der Waals surface area contributed by atoms with Crippen LogP contribution in [0.15, 0.2) is 23.3 Å². The summed E-state index contributed by atoms with van der Waals surface area (Å²) in [6, 6.07) is 0. The van der Waals surface area contributed by atoms with Crippen LogP contribution in [0.3, 0.4) is 0 Å². The van der Waals surface area contributed by atoms with Crippen LogP contribution in [0.1, 0.15) is 125 Å². The maximum Gasteiger partial charge on any atom is 0.306 e. The molecule has 0 bridgehead atoms. The predicted octanol–water partition coefficient (Wildman–Crippen LogP) is 8.64. The molecule has 39 heavy (non-hydrogen) atoms. The van der Waals surface area contributed by atoms with Crippen molar-refractivity contribution in [3.05, 3.63) is 23.3 Å². The molecule has 0 amide bonds. The SMILES string of the molecule is COCCCC(=O)CCC(=O)O[C@H]1CC[C@@]2(C)C(=CC=C3C4CCC([C@H](C)CCCC(C)C)[C@@]4(C)CCC32)C1. The number of carbonyl (C=O) groups excluding carboxylic acids is 2. The Hall–Kier alpha value is -1.42. The fraction of sp³-hybridized carbons (Fsp3) is 0.829. The van der Waals surface area contributed by atoms with E-state index in [0.29, 0.717) is 30.8 Å². The lowest BCUT2D eigenvalue weighted by Gasteiger charge is -2.55. The molecule has 0 heterocycles. The zero-order chi connectivity index (χ0) is 28.2. The van der Waals surface area contributed by atoms with Gasteiger partial charge in [0, 0.05) is 33.0 Å². The van der Waals surface area contributed by atoms with E-state index in [-0.39, 0.29) is 36.1 Å². The summed E-state index contributed by atoms with van der Waals surface area (Å²) in [4.78, 5) is 24.6. The Morgan fingerprint density at radius 2 is 1.72 bits per heavy atom. The van der Waals surface area contributed by atoms with Crippen molar-refractivity contribution in [2.45, 2.75) is 131 Å². The smallest absolute Gasteiger partial charge is 0.306 e. The van der Waals surface area contributed by atoms with Crippen LogP contribution in [0, 0.1) is 40.4 Å². The van der Waals surface area contributed by atoms with Gasteiger partial charge in [0.1, 0.15) is 11.9 Å². The molecule has 0 spiro atoms. The highest BCUT2D eigenvalue weighted by Gasteiger charge is 2.57. The van der Waals surface area contributed by atoms with E-state index in [4.69, 9.17) is 9.47 Å². The lowest BCUT2D eigenvalue weighted by molar-refractivity contribution is -0.151. The number of esters is 1. The van der Waals surface area contributed by atoms with E-state index >= 15 is 0 Å². The normalized spacial score (nSPS) is 34.4. The zero-order valence-corrected chi connectivity index (χ0v) is 25.9. The van der Waals surface area contributed by atoms with Crippen molar-refractivity contribution in [3.63, 3.8) is 0 Å². The summed E-state index contributed by atoms with van der Waals surface area (Å²) in [5.41, 5.74) is 3.88. The molecule has 0 saturated heterocycles. The van der Waals surface area contributed by atoms with Gasteiger partial charge < -0.3 is 9.47 Å². The lowest BCUT2D eigenvalue weighted by Crippen LogP contribution is -2.46. The number of allylic oxidation sites excluding steroid dienone is 3. The molecule has 220 valence electrons. The minimum absolute atomic E-state index is 0.0493. The Morgan fingerprint density at radius 1 is 0.923 bits per heavy atom. The molecule has 4 rings (SSSR count). The van der Waals surface area contributed by atoms with Gasteiger partial charge in [0.25, 0.3) is 0 Å². The van der Waals surface area contributed by atoms with Crippen molar-refractivity contribution in [2.24, 2.45) is 40.4 Å². The first kappa shape index (κ1) is 30.5. The van der Waals surface area contributed by atoms with Gasteiger partial charge in [-0.25, -0.2) is 0 Å². The molecule has 0 radical (unpaired) electrons. The Balaban J connectivity index is 1.35. The molecule has 0 N–H and O–H groups in total. The van der Waals surface area contributed by atoms with Gasteiger partial charge in [-0.1, -0.05) is 77.2 Å². The highest BCUT2D eigenvalue weighted by atomic mass is 16.5. The fourth-order valence-corrected chi connectivity index (χ4v) is 9.12. The van der Waals surface area contributed by atoms with Crippen molar-refractivity contribution in [1.82, 2.24) is 0 Å². The molecule has 0 aromatic carbocycles. The number of ketones is 1. The van der Waals surface area contributed by atoms with E-state index in [1.54, 1.807) is 12.7 Å². The second-order valence-corrected chi connectivity index (χ2v) is 14.4. The summed E-state index contributed by atoms with van der Waals surface area (Å²) in [6.45, 7) is 13.0. The number of ether oxygens (including phenoxy) is 2. The minimum Gasteiger partial charge on any atom is -0.462 e. The molecular weight excluding hydrogens is 484 g/mol. The molecule has 3 unspecified atom stereocenters. The van der Waals surface area contributed by atoms with Gasteiger partial charge in [-0.3, -0.25) is 9.59 Å². The van der Waals surface area contributed by atoms with E-state index in [2.05, 4.69) is 46.8 Å². The maximum absolute atomic E-state index is 12.5. The molecular formula is C35H56O4. The van der Waals surface area contributed by atoms with Gasteiger partial charge in [0.05, 0.1) is 6.42 Å². The third kappa shape index (κ3) is 6.74. The average Bonchev–Trinajstić information content (AvgIpc) is 3.25. The number of hydrogen-bond acceptors (Lipinski definition) is 4. The Kier molecular flexibility index (Phi) is 10.2. The Morgan fingerprint density at radius 3 is 2.46 bits per heavy atom. The van der Waals surface area contributed by atoms with Gasteiger partial charge in [-0.2, -0.15) is 0 Å². The summed E-state index contributed by atoms with van der Waals surface area (Å²) in [7, 11) is 1.64. The summed E-state index contributed by atoms with van der Waals surface area (Å²) in [6.07, 6.45) is 19.0. The highest BCUT2D eigenvalue weighted by Crippen LogP contribution is 2.66. The monoisotopic (exact) mass is 540 g/mol. The van der Waals surface area contributed by atoms with Gasteiger partial charge in [0.15, 0.2) is 0 Å². The first-order valence-electron chi connectivity index (χ1n) is 16.2. The largest absolute Gasteiger partial charge is 0.462 e. The van der Waals surface area contributed by atoms with Crippen LogP contribution in [0.4, 0.5) is 0 Å². The van der Waals surface area contributed by atoms with Gasteiger partial charge in [-0.05, 0) is 85.4 Å². The third-order valence-electron chi connectivity index (χ3n) is 11.4. The van der Waals surface area contributed by atoms with Gasteiger partial charge in [-0.15, -0.1) is 0 Å². The van der Waals surface area contributed by atoms with Crippen molar-refractivity contribution >= 4 is 11.8 Å². The molecule has 0 aromatic rings. The number of fused-ring (bicyclic) bond motifs is 5. The molecule has 4 heteroatoms. The number of hydrogen-bond donors (Lipinski definition) is 0. The van der Waals surface area contributed by atoms with Crippen molar-refractivity contribution in [3.8, 4) is 0 Å². The lowest BCUT2D eigenvalue weighted by atomic mass is 9.50. The van der Waals surface area contributed by atoms with E-state index < -0.39 is 0 Å². The topological polar surface area (TPSA) is 52.6 Å². The van der Waals surface area contributed by atoms with Crippen LogP contribution < -0.4 is 0 Å². The summed E-state index contributed by atoms with van der Waals surface area (Å²) >= 11 is 0. The van der Waals surface area contributed by atoms with Crippen molar-refractivity contribution in [1.29, 1.82) is 0 Å². The zero-order valence-electron chi connectivity index (χ0n) is 25.9. The first-order valence-corrected chi connectivity index (χ1v) is 16.2. The molecule has 0 aliphatic heterocycles. The molecule has 0 aromatic heterocycles. The predicted molar refractivity (Wildman–Crippen MR) is 158 cm³/mol. The van der Waals surface area contributed by atoms with E-state index in [0.717, 1.165) is 42.9 Å². The summed E-state index contributed by atoms with van der Waals surface area (Å²) in [5.74, 6) is 3.78. The van der Waals surface area contributed by atoms with Crippen molar-refractivity contribution < 1.29 is 19.1 Å². The van der Waals surface area contributed by atoms with E-state index in [1.165, 1.54) is 50.5 Å². The number of carbonyl (C=O) groups is 2. The average molecular weight is 541 g/mol. The third-order valence-corrected chi connectivity index (χ3v) is 11.4. The van der Waals surface area contributed by atoms with E-state index in [9.17, 15) is 9.59 Å². The molecule has 4 nitrogen and oxygen atoms in total. The first-order chi connectivity index (χ1) is 18.6. The van der Waals surface area contributed by atoms with E-state index in [1.807, 2.05) is 0 Å². The van der Waals surface area contributed by atoms with Crippen LogP contribution in [0.25, 0.3) is 0 Å². The van der Waals surface area contributed by atoms with Crippen LogP contribution in [-0.2, 0) is 19.1 Å². The second kappa shape index (κ2) is 13.0. The molecule has 3 fully saturated rings. The summed E-state index contributed by atoms with van der Waals surface area (Å²) in [5, 5.41) is 0. The Bertz CT molecular complexity index is 931. The van der Waals surface area contributed by atoms with Gasteiger partial charge >= 0.3 is 5.97 Å². The van der Waals surface area contributed by atoms with Crippen LogP contribution in [-0.4, -0.2) is 31.6 Å². The van der Waals surface area contributed by atoms with Gasteiger partial charge in [0.2, 0.25) is 0 Å². The van der Waals surface area contributed by atoms with Crippen LogP contribution in [0.5, 0.6) is 0 Å². The molecule has 4 aliphatic rings. The molecule has 4 aliphatic carbocycles. The summed E-state index contributed by atoms with van der Waals surface area (Å²) < 4.78 is 10.9. The number of Topliss-reactive ketones (excluding diaryl/α,β-unsaturated/α-hetero) is 1. The molecule has 3 saturated carbocycles. The van der Waals surface area contributed by atoms with Crippen LogP contribution in [0.2, 0.25) is 0 Å². The number of rotatable bonds is 13. The highest BCUT2D eigenvalue weighted by molar-refractivity contribution is 5.82. The Labute approximate surface area is 238 Å². The van der Waals surface area contributed by atoms with Crippen LogP contribution >= 0.6 is 0 Å². The molecule has 7 atom stereocenters. The number of methoxy groups -OCH3 is 1. The second-order valence-electron chi connectivity index (χ2n) is 14.4. The minimum atomic E-state index is -0.218. The standard InChI is InChI=1S/C35H56O4/c1-24(2)9-7-10-25(3)30-15-16-31-29-14-12-26-23-28(39-33(37)17-13-27(36)11-8-22-38-6)18-20-34(26,4)32(29)19-21-35(30,31)5/h12,14,24-25,28,30-32H,7-11,13,15-23H2,1-6H3/t25-,28+,30?,31?,32?,34+,35-/m1/s1. The fourth-order valence-electron chi connectivity index (χ4n) is 9.12. The maximum atomic E-state index is 12.5. The quantitative estimate of drug-likeness (QED) is 0.173. The van der Waals surface area contributed by atoms with Crippen molar-refractivity contribution in [2.75, 3.05) is 13.7 Å².